The van der Waals surface area contributed by atoms with Crippen LogP contribution in [0.2, 0.25) is 5.02 Å². The van der Waals surface area contributed by atoms with Gasteiger partial charge in [0.1, 0.15) is 0 Å². The SMILES string of the molecule is CCC(C)[C@H](N)c1ccc(Cl)cc1C. The maximum absolute atomic E-state index is 6.16. The molecular weight excluding hydrogens is 194 g/mol. The Morgan fingerprint density at radius 3 is 2.57 bits per heavy atom. The fourth-order valence-corrected chi connectivity index (χ4v) is 1.80. The number of nitrogens with two attached hydrogens (primary N) is 1. The number of halogens is 1. The van der Waals surface area contributed by atoms with Crippen LogP contribution >= 0.6 is 11.6 Å². The molecule has 0 amide bonds. The van der Waals surface area contributed by atoms with E-state index in [0.717, 1.165) is 11.4 Å². The molecule has 0 saturated heterocycles. The minimum atomic E-state index is 0.122. The van der Waals surface area contributed by atoms with Gasteiger partial charge in [-0.3, -0.25) is 0 Å². The van der Waals surface area contributed by atoms with Crippen molar-refractivity contribution in [1.82, 2.24) is 0 Å². The predicted octanol–water partition coefficient (Wildman–Crippen LogP) is 3.69. The normalized spacial score (nSPS) is 15.2. The first-order chi connectivity index (χ1) is 6.56. The van der Waals surface area contributed by atoms with Crippen LogP contribution in [0, 0.1) is 12.8 Å². The molecule has 2 atom stereocenters. The van der Waals surface area contributed by atoms with Crippen molar-refractivity contribution in [2.24, 2.45) is 11.7 Å². The molecule has 0 radical (unpaired) electrons. The third-order valence-electron chi connectivity index (χ3n) is 2.85. The molecule has 0 saturated carbocycles. The second-order valence-corrected chi connectivity index (χ2v) is 4.35. The van der Waals surface area contributed by atoms with E-state index < -0.39 is 0 Å². The van der Waals surface area contributed by atoms with Crippen molar-refractivity contribution >= 4 is 11.6 Å². The lowest BCUT2D eigenvalue weighted by Crippen LogP contribution is -2.19. The van der Waals surface area contributed by atoms with Crippen molar-refractivity contribution < 1.29 is 0 Å². The molecule has 14 heavy (non-hydrogen) atoms. The third-order valence-corrected chi connectivity index (χ3v) is 3.08. The van der Waals surface area contributed by atoms with Crippen LogP contribution in [0.5, 0.6) is 0 Å². The first kappa shape index (κ1) is 11.5. The van der Waals surface area contributed by atoms with Crippen molar-refractivity contribution in [3.05, 3.63) is 34.3 Å². The topological polar surface area (TPSA) is 26.0 Å². The summed E-state index contributed by atoms with van der Waals surface area (Å²) in [6.45, 7) is 6.40. The highest BCUT2D eigenvalue weighted by Crippen LogP contribution is 2.26. The van der Waals surface area contributed by atoms with Crippen molar-refractivity contribution in [3.63, 3.8) is 0 Å². The molecule has 1 rings (SSSR count). The monoisotopic (exact) mass is 211 g/mol. The second kappa shape index (κ2) is 4.81. The standard InChI is InChI=1S/C12H18ClN/c1-4-8(2)12(14)11-6-5-10(13)7-9(11)3/h5-8,12H,4,14H2,1-3H3/t8?,12-/m0/s1. The van der Waals surface area contributed by atoms with Gasteiger partial charge in [0.15, 0.2) is 0 Å². The van der Waals surface area contributed by atoms with Gasteiger partial charge >= 0.3 is 0 Å². The Balaban J connectivity index is 2.95. The Morgan fingerprint density at radius 1 is 1.43 bits per heavy atom. The van der Waals surface area contributed by atoms with E-state index in [1.807, 2.05) is 18.2 Å². The van der Waals surface area contributed by atoms with Gasteiger partial charge < -0.3 is 5.73 Å². The highest BCUT2D eigenvalue weighted by molar-refractivity contribution is 6.30. The first-order valence-corrected chi connectivity index (χ1v) is 5.45. The molecule has 0 aliphatic heterocycles. The van der Waals surface area contributed by atoms with E-state index in [-0.39, 0.29) is 6.04 Å². The molecule has 0 aliphatic rings. The van der Waals surface area contributed by atoms with Crippen molar-refractivity contribution in [1.29, 1.82) is 0 Å². The van der Waals surface area contributed by atoms with Crippen molar-refractivity contribution in [2.45, 2.75) is 33.2 Å². The minimum absolute atomic E-state index is 0.122. The fraction of sp³-hybridized carbons (Fsp3) is 0.500. The zero-order valence-electron chi connectivity index (χ0n) is 9.05. The molecule has 2 heteroatoms. The second-order valence-electron chi connectivity index (χ2n) is 3.91. The molecule has 2 N–H and O–H groups in total. The zero-order chi connectivity index (χ0) is 10.7. The maximum Gasteiger partial charge on any atom is 0.0408 e. The van der Waals surface area contributed by atoms with Gasteiger partial charge in [0, 0.05) is 11.1 Å². The Bertz CT molecular complexity index is 309. The molecule has 0 fully saturated rings. The van der Waals surface area contributed by atoms with Crippen LogP contribution < -0.4 is 5.73 Å². The van der Waals surface area contributed by atoms with Crippen LogP contribution in [0.1, 0.15) is 37.4 Å². The smallest absolute Gasteiger partial charge is 0.0408 e. The molecule has 1 aromatic carbocycles. The Morgan fingerprint density at radius 2 is 2.07 bits per heavy atom. The van der Waals surface area contributed by atoms with E-state index >= 15 is 0 Å². The summed E-state index contributed by atoms with van der Waals surface area (Å²) in [5.41, 5.74) is 8.55. The van der Waals surface area contributed by atoms with Crippen LogP contribution in [0.3, 0.4) is 0 Å². The van der Waals surface area contributed by atoms with Crippen molar-refractivity contribution in [3.8, 4) is 0 Å². The number of benzene rings is 1. The van der Waals surface area contributed by atoms with Gasteiger partial charge in [-0.25, -0.2) is 0 Å². The predicted molar refractivity (Wildman–Crippen MR) is 62.6 cm³/mol. The van der Waals surface area contributed by atoms with E-state index in [1.54, 1.807) is 0 Å². The van der Waals surface area contributed by atoms with Crippen molar-refractivity contribution in [2.75, 3.05) is 0 Å². The van der Waals surface area contributed by atoms with E-state index in [4.69, 9.17) is 17.3 Å². The van der Waals surface area contributed by atoms with Gasteiger partial charge in [-0.1, -0.05) is 37.9 Å². The van der Waals surface area contributed by atoms with Crippen LogP contribution in [0.4, 0.5) is 0 Å². The van der Waals surface area contributed by atoms with Crippen LogP contribution in [-0.4, -0.2) is 0 Å². The molecule has 0 bridgehead atoms. The lowest BCUT2D eigenvalue weighted by molar-refractivity contribution is 0.455. The summed E-state index contributed by atoms with van der Waals surface area (Å²) in [6, 6.07) is 6.04. The molecule has 1 nitrogen and oxygen atoms in total. The van der Waals surface area contributed by atoms with E-state index in [2.05, 4.69) is 20.8 Å². The molecule has 0 aliphatic carbocycles. The van der Waals surface area contributed by atoms with Gasteiger partial charge in [0.25, 0.3) is 0 Å². The molecule has 0 heterocycles. The van der Waals surface area contributed by atoms with Crippen LogP contribution in [0.25, 0.3) is 0 Å². The highest BCUT2D eigenvalue weighted by Gasteiger charge is 2.14. The summed E-state index contributed by atoms with van der Waals surface area (Å²) in [7, 11) is 0. The minimum Gasteiger partial charge on any atom is -0.324 e. The first-order valence-electron chi connectivity index (χ1n) is 5.08. The Kier molecular flexibility index (Phi) is 3.97. The third kappa shape index (κ3) is 2.49. The number of hydrogen-bond donors (Lipinski definition) is 1. The lowest BCUT2D eigenvalue weighted by atomic mass is 9.91. The zero-order valence-corrected chi connectivity index (χ0v) is 9.81. The number of rotatable bonds is 3. The van der Waals surface area contributed by atoms with Crippen LogP contribution in [0.15, 0.2) is 18.2 Å². The largest absolute Gasteiger partial charge is 0.324 e. The van der Waals surface area contributed by atoms with Gasteiger partial charge in [-0.05, 0) is 36.1 Å². The molecule has 1 aromatic rings. The maximum atomic E-state index is 6.16. The molecule has 0 aromatic heterocycles. The van der Waals surface area contributed by atoms with Crippen LogP contribution in [-0.2, 0) is 0 Å². The van der Waals surface area contributed by atoms with Gasteiger partial charge in [-0.2, -0.15) is 0 Å². The van der Waals surface area contributed by atoms with E-state index in [9.17, 15) is 0 Å². The quantitative estimate of drug-likeness (QED) is 0.811. The van der Waals surface area contributed by atoms with Gasteiger partial charge in [-0.15, -0.1) is 0 Å². The molecule has 78 valence electrons. The summed E-state index contributed by atoms with van der Waals surface area (Å²) in [4.78, 5) is 0. The number of hydrogen-bond acceptors (Lipinski definition) is 1. The van der Waals surface area contributed by atoms with E-state index in [0.29, 0.717) is 5.92 Å². The summed E-state index contributed by atoms with van der Waals surface area (Å²) >= 11 is 5.89. The summed E-state index contributed by atoms with van der Waals surface area (Å²) < 4.78 is 0. The molecular formula is C12H18ClN. The number of aryl methyl sites for hydroxylation is 1. The Hall–Kier alpha value is -0.530. The summed E-state index contributed by atoms with van der Waals surface area (Å²) in [5.74, 6) is 0.509. The van der Waals surface area contributed by atoms with Gasteiger partial charge in [0.05, 0.1) is 0 Å². The summed E-state index contributed by atoms with van der Waals surface area (Å²) in [6.07, 6.45) is 1.10. The summed E-state index contributed by atoms with van der Waals surface area (Å²) in [5, 5.41) is 0.780. The lowest BCUT2D eigenvalue weighted by Gasteiger charge is -2.20. The fourth-order valence-electron chi connectivity index (χ4n) is 1.57. The molecule has 1 unspecified atom stereocenters. The van der Waals surface area contributed by atoms with E-state index in [1.165, 1.54) is 11.1 Å². The van der Waals surface area contributed by atoms with Gasteiger partial charge in [0.2, 0.25) is 0 Å². The molecule has 0 spiro atoms. The highest BCUT2D eigenvalue weighted by atomic mass is 35.5. The average Bonchev–Trinajstić information content (AvgIpc) is 2.15. The Labute approximate surface area is 91.3 Å². The average molecular weight is 212 g/mol.